The molecule has 0 saturated carbocycles. The van der Waals surface area contributed by atoms with Crippen molar-refractivity contribution in [2.75, 3.05) is 19.6 Å². The molecule has 0 spiro atoms. The molecule has 2 aromatic heterocycles. The van der Waals surface area contributed by atoms with Gasteiger partial charge in [-0.15, -0.1) is 11.6 Å². The van der Waals surface area contributed by atoms with E-state index in [1.165, 1.54) is 0 Å². The minimum Gasteiger partial charge on any atom is -0.383 e. The predicted molar refractivity (Wildman–Crippen MR) is 82.4 cm³/mol. The lowest BCUT2D eigenvalue weighted by molar-refractivity contribution is 0.133. The predicted octanol–water partition coefficient (Wildman–Crippen LogP) is 3.36. The topological polar surface area (TPSA) is 39.9 Å². The van der Waals surface area contributed by atoms with E-state index in [9.17, 15) is 0 Å². The Morgan fingerprint density at radius 1 is 1.30 bits per heavy atom. The smallest absolute Gasteiger partial charge is 0.160 e. The van der Waals surface area contributed by atoms with Gasteiger partial charge in [0.25, 0.3) is 0 Å². The first kappa shape index (κ1) is 15.3. The number of hydrogen-bond donors (Lipinski definition) is 0. The summed E-state index contributed by atoms with van der Waals surface area (Å²) in [7, 11) is 1.73. The van der Waals surface area contributed by atoms with Crippen molar-refractivity contribution < 1.29 is 4.74 Å². The van der Waals surface area contributed by atoms with Crippen LogP contribution in [0, 0.1) is 12.8 Å². The number of fused-ring (bicyclic) bond motifs is 1. The molecular weight excluding hydrogens is 274 g/mol. The number of pyridine rings is 1. The minimum absolute atomic E-state index is 0.220. The van der Waals surface area contributed by atoms with Crippen LogP contribution in [0.2, 0.25) is 0 Å². The van der Waals surface area contributed by atoms with Crippen LogP contribution >= 0.6 is 11.6 Å². The van der Waals surface area contributed by atoms with Gasteiger partial charge in [-0.2, -0.15) is 0 Å². The molecule has 0 bridgehead atoms. The molecule has 0 aliphatic carbocycles. The fourth-order valence-corrected chi connectivity index (χ4v) is 2.63. The number of imidazole rings is 1. The number of nitrogens with zero attached hydrogens (tertiary/aromatic N) is 3. The van der Waals surface area contributed by atoms with Gasteiger partial charge < -0.3 is 9.30 Å². The lowest BCUT2D eigenvalue weighted by atomic mass is 10.0. The van der Waals surface area contributed by atoms with Crippen LogP contribution in [0.5, 0.6) is 0 Å². The maximum Gasteiger partial charge on any atom is 0.160 e. The van der Waals surface area contributed by atoms with E-state index < -0.39 is 0 Å². The van der Waals surface area contributed by atoms with Crippen molar-refractivity contribution in [1.29, 1.82) is 0 Å². The highest BCUT2D eigenvalue weighted by Gasteiger charge is 2.22. The van der Waals surface area contributed by atoms with E-state index in [1.807, 2.05) is 19.1 Å². The van der Waals surface area contributed by atoms with Crippen LogP contribution < -0.4 is 0 Å². The van der Waals surface area contributed by atoms with Gasteiger partial charge in [-0.1, -0.05) is 13.8 Å². The third-order valence-corrected chi connectivity index (χ3v) is 3.70. The molecule has 4 nitrogen and oxygen atoms in total. The number of aryl methyl sites for hydroxylation is 2. The zero-order valence-corrected chi connectivity index (χ0v) is 13.3. The number of ether oxygens (including phenoxy) is 1. The standard InChI is InChI=1S/C15H22ClN3O/c1-10(2)13(9-20-4)19-14(7-8-16)18-12-6-5-11(3)17-15(12)19/h5-6,10,13H,7-9H2,1-4H3. The van der Waals surface area contributed by atoms with Crippen molar-refractivity contribution in [3.05, 3.63) is 23.7 Å². The first-order valence-electron chi connectivity index (χ1n) is 6.97. The van der Waals surface area contributed by atoms with Crippen LogP contribution in [0.1, 0.15) is 31.4 Å². The van der Waals surface area contributed by atoms with Gasteiger partial charge in [0, 0.05) is 25.1 Å². The molecule has 2 rings (SSSR count). The zero-order chi connectivity index (χ0) is 14.7. The average Bonchev–Trinajstić information content (AvgIpc) is 2.73. The monoisotopic (exact) mass is 295 g/mol. The van der Waals surface area contributed by atoms with Crippen LogP contribution in [-0.2, 0) is 11.2 Å². The Balaban J connectivity index is 2.61. The molecule has 5 heteroatoms. The molecular formula is C15H22ClN3O. The highest BCUT2D eigenvalue weighted by atomic mass is 35.5. The maximum absolute atomic E-state index is 5.92. The summed E-state index contributed by atoms with van der Waals surface area (Å²) < 4.78 is 7.60. The SMILES string of the molecule is COCC(C(C)C)n1c(CCCl)nc2ccc(C)nc21. The number of rotatable bonds is 6. The van der Waals surface area contributed by atoms with Gasteiger partial charge in [-0.25, -0.2) is 9.97 Å². The van der Waals surface area contributed by atoms with Crippen LogP contribution in [0.4, 0.5) is 0 Å². The molecule has 0 fully saturated rings. The van der Waals surface area contributed by atoms with Crippen molar-refractivity contribution in [3.63, 3.8) is 0 Å². The van der Waals surface area contributed by atoms with Crippen LogP contribution in [-0.4, -0.2) is 34.1 Å². The number of halogens is 1. The Kier molecular flexibility index (Phi) is 5.00. The van der Waals surface area contributed by atoms with E-state index >= 15 is 0 Å². The first-order chi connectivity index (χ1) is 9.58. The zero-order valence-electron chi connectivity index (χ0n) is 12.6. The molecule has 0 amide bonds. The van der Waals surface area contributed by atoms with Crippen molar-refractivity contribution in [2.45, 2.75) is 33.2 Å². The number of methoxy groups -OCH3 is 1. The fraction of sp³-hybridized carbons (Fsp3) is 0.600. The van der Waals surface area contributed by atoms with Crippen LogP contribution in [0.25, 0.3) is 11.2 Å². The Morgan fingerprint density at radius 2 is 2.05 bits per heavy atom. The molecule has 110 valence electrons. The van der Waals surface area contributed by atoms with E-state index in [1.54, 1.807) is 7.11 Å². The second kappa shape index (κ2) is 6.55. The van der Waals surface area contributed by atoms with Gasteiger partial charge in [0.15, 0.2) is 5.65 Å². The van der Waals surface area contributed by atoms with Gasteiger partial charge >= 0.3 is 0 Å². The Morgan fingerprint density at radius 3 is 2.65 bits per heavy atom. The first-order valence-corrected chi connectivity index (χ1v) is 7.51. The summed E-state index contributed by atoms with van der Waals surface area (Å²) in [4.78, 5) is 9.36. The van der Waals surface area contributed by atoms with E-state index in [-0.39, 0.29) is 6.04 Å². The number of aromatic nitrogens is 3. The van der Waals surface area contributed by atoms with Gasteiger partial charge in [0.2, 0.25) is 0 Å². The second-order valence-electron chi connectivity index (χ2n) is 5.40. The van der Waals surface area contributed by atoms with Gasteiger partial charge in [-0.3, -0.25) is 0 Å². The summed E-state index contributed by atoms with van der Waals surface area (Å²) in [6, 6.07) is 4.23. The summed E-state index contributed by atoms with van der Waals surface area (Å²) in [6.07, 6.45) is 0.740. The van der Waals surface area contributed by atoms with Gasteiger partial charge in [-0.05, 0) is 25.0 Å². The Hall–Kier alpha value is -1.13. The Bertz CT molecular complexity index is 580. The van der Waals surface area contributed by atoms with Crippen LogP contribution in [0.15, 0.2) is 12.1 Å². The third-order valence-electron chi connectivity index (χ3n) is 3.51. The van der Waals surface area contributed by atoms with E-state index in [0.29, 0.717) is 18.4 Å². The fourth-order valence-electron chi connectivity index (χ4n) is 2.46. The highest BCUT2D eigenvalue weighted by Crippen LogP contribution is 2.26. The summed E-state index contributed by atoms with van der Waals surface area (Å²) in [5.41, 5.74) is 2.86. The highest BCUT2D eigenvalue weighted by molar-refractivity contribution is 6.17. The van der Waals surface area contributed by atoms with E-state index in [0.717, 1.165) is 29.1 Å². The number of alkyl halides is 1. The summed E-state index contributed by atoms with van der Waals surface area (Å²) >= 11 is 5.92. The van der Waals surface area contributed by atoms with E-state index in [2.05, 4.69) is 28.4 Å². The largest absolute Gasteiger partial charge is 0.383 e. The van der Waals surface area contributed by atoms with Crippen molar-refractivity contribution in [1.82, 2.24) is 14.5 Å². The lowest BCUT2D eigenvalue weighted by Gasteiger charge is -2.24. The maximum atomic E-state index is 5.92. The van der Waals surface area contributed by atoms with Gasteiger partial charge in [0.05, 0.1) is 12.6 Å². The molecule has 20 heavy (non-hydrogen) atoms. The average molecular weight is 296 g/mol. The van der Waals surface area contributed by atoms with Crippen molar-refractivity contribution in [2.24, 2.45) is 5.92 Å². The molecule has 2 heterocycles. The molecule has 1 atom stereocenters. The molecule has 0 aromatic carbocycles. The summed E-state index contributed by atoms with van der Waals surface area (Å²) in [5, 5.41) is 0. The molecule has 0 N–H and O–H groups in total. The molecule has 0 aliphatic rings. The second-order valence-corrected chi connectivity index (χ2v) is 5.78. The minimum atomic E-state index is 0.220. The van der Waals surface area contributed by atoms with E-state index in [4.69, 9.17) is 16.3 Å². The summed E-state index contributed by atoms with van der Waals surface area (Å²) in [5.74, 6) is 1.98. The molecule has 2 aromatic rings. The normalized spacial score (nSPS) is 13.3. The Labute approximate surface area is 125 Å². The summed E-state index contributed by atoms with van der Waals surface area (Å²) in [6.45, 7) is 7.03. The molecule has 1 unspecified atom stereocenters. The van der Waals surface area contributed by atoms with Crippen molar-refractivity contribution in [3.8, 4) is 0 Å². The third kappa shape index (κ3) is 2.96. The number of hydrogen-bond acceptors (Lipinski definition) is 3. The molecule has 0 saturated heterocycles. The van der Waals surface area contributed by atoms with Crippen LogP contribution in [0.3, 0.4) is 0 Å². The molecule has 0 radical (unpaired) electrons. The quantitative estimate of drug-likeness (QED) is 0.767. The van der Waals surface area contributed by atoms with Gasteiger partial charge in [0.1, 0.15) is 11.3 Å². The van der Waals surface area contributed by atoms with Crippen molar-refractivity contribution >= 4 is 22.8 Å². The lowest BCUT2D eigenvalue weighted by Crippen LogP contribution is -2.23. The molecule has 0 aliphatic heterocycles.